The standard InChI is InChI=1S/C40H28O8/c41-37(42)29-11-3-7-23-5-1-9-27(31(23)29)21-13-17-25(18-14-21)33-35(39(45)46)34(36(33)40(47)48)26-19-15-22(16-20-26)28-10-2-6-24-8-4-12-30(32(24)28)38(43)44/h1-20,33-36H,(H,41,42)(H,43,44)(H,45,46)(H,47,48). The van der Waals surface area contributed by atoms with Crippen molar-refractivity contribution in [3.63, 3.8) is 0 Å². The zero-order valence-corrected chi connectivity index (χ0v) is 25.3. The molecular weight excluding hydrogens is 608 g/mol. The summed E-state index contributed by atoms with van der Waals surface area (Å²) in [5.74, 6) is -7.89. The van der Waals surface area contributed by atoms with Crippen LogP contribution in [0.5, 0.6) is 0 Å². The maximum Gasteiger partial charge on any atom is 0.336 e. The van der Waals surface area contributed by atoms with Crippen LogP contribution in [0.15, 0.2) is 121 Å². The van der Waals surface area contributed by atoms with Crippen LogP contribution in [0.1, 0.15) is 43.7 Å². The molecule has 7 rings (SSSR count). The number of carbonyl (C=O) groups is 4. The number of aromatic carboxylic acids is 2. The predicted molar refractivity (Wildman–Crippen MR) is 180 cm³/mol. The summed E-state index contributed by atoms with van der Waals surface area (Å²) >= 11 is 0. The van der Waals surface area contributed by atoms with Crippen molar-refractivity contribution in [2.75, 3.05) is 0 Å². The maximum absolute atomic E-state index is 12.7. The summed E-state index contributed by atoms with van der Waals surface area (Å²) in [5, 5.41) is 43.0. The highest BCUT2D eigenvalue weighted by Crippen LogP contribution is 2.58. The lowest BCUT2D eigenvalue weighted by Gasteiger charge is -2.48. The molecule has 8 heteroatoms. The molecule has 0 radical (unpaired) electrons. The summed E-state index contributed by atoms with van der Waals surface area (Å²) in [5.41, 5.74) is 4.33. The Morgan fingerprint density at radius 2 is 0.750 bits per heavy atom. The summed E-state index contributed by atoms with van der Waals surface area (Å²) in [6.45, 7) is 0. The molecule has 1 aliphatic rings. The van der Waals surface area contributed by atoms with Crippen molar-refractivity contribution in [2.45, 2.75) is 11.8 Å². The van der Waals surface area contributed by atoms with Gasteiger partial charge in [0.1, 0.15) is 0 Å². The zero-order chi connectivity index (χ0) is 33.7. The highest BCUT2D eigenvalue weighted by molar-refractivity contribution is 6.11. The lowest BCUT2D eigenvalue weighted by molar-refractivity contribution is -0.159. The van der Waals surface area contributed by atoms with E-state index in [-0.39, 0.29) is 11.1 Å². The van der Waals surface area contributed by atoms with E-state index in [1.165, 1.54) is 0 Å². The van der Waals surface area contributed by atoms with Gasteiger partial charge in [0.2, 0.25) is 0 Å². The molecule has 0 spiro atoms. The van der Waals surface area contributed by atoms with E-state index in [9.17, 15) is 39.6 Å². The van der Waals surface area contributed by atoms with Crippen LogP contribution in [0.4, 0.5) is 0 Å². The fourth-order valence-electron chi connectivity index (χ4n) is 7.48. The van der Waals surface area contributed by atoms with Crippen molar-refractivity contribution in [1.29, 1.82) is 0 Å². The van der Waals surface area contributed by atoms with Crippen LogP contribution in [0.3, 0.4) is 0 Å². The number of carboxylic acid groups (broad SMARTS) is 4. The van der Waals surface area contributed by atoms with E-state index in [2.05, 4.69) is 0 Å². The van der Waals surface area contributed by atoms with Crippen molar-refractivity contribution in [1.82, 2.24) is 0 Å². The first-order chi connectivity index (χ1) is 23.2. The van der Waals surface area contributed by atoms with Crippen LogP contribution in [0.25, 0.3) is 43.8 Å². The zero-order valence-electron chi connectivity index (χ0n) is 25.3. The van der Waals surface area contributed by atoms with Gasteiger partial charge in [-0.3, -0.25) is 9.59 Å². The van der Waals surface area contributed by atoms with Crippen LogP contribution in [0.2, 0.25) is 0 Å². The van der Waals surface area contributed by atoms with Gasteiger partial charge in [0.05, 0.1) is 23.0 Å². The first-order valence-corrected chi connectivity index (χ1v) is 15.3. The maximum atomic E-state index is 12.7. The number of hydrogen-bond acceptors (Lipinski definition) is 4. The second-order valence-electron chi connectivity index (χ2n) is 12.1. The van der Waals surface area contributed by atoms with Crippen molar-refractivity contribution in [3.05, 3.63) is 144 Å². The summed E-state index contributed by atoms with van der Waals surface area (Å²) in [6, 6.07) is 35.2. The largest absolute Gasteiger partial charge is 0.481 e. The van der Waals surface area contributed by atoms with E-state index < -0.39 is 47.5 Å². The van der Waals surface area contributed by atoms with Gasteiger partial charge in [-0.25, -0.2) is 9.59 Å². The molecule has 6 aromatic rings. The normalized spacial score (nSPS) is 18.7. The molecule has 0 heterocycles. The predicted octanol–water partition coefficient (Wildman–Crippen LogP) is 8.01. The summed E-state index contributed by atoms with van der Waals surface area (Å²) in [6.07, 6.45) is 0. The SMILES string of the molecule is O=C(O)c1cccc2cccc(-c3ccc(C4C(C(=O)O)C(c5ccc(-c6cccc7cccc(C(=O)O)c67)cc5)C4C(=O)O)cc3)c12. The Morgan fingerprint density at radius 1 is 0.417 bits per heavy atom. The third-order valence-corrected chi connectivity index (χ3v) is 9.60. The van der Waals surface area contributed by atoms with Crippen LogP contribution < -0.4 is 0 Å². The van der Waals surface area contributed by atoms with Gasteiger partial charge in [-0.1, -0.05) is 109 Å². The first kappa shape index (κ1) is 30.4. The molecule has 1 aliphatic carbocycles. The lowest BCUT2D eigenvalue weighted by Crippen LogP contribution is -2.50. The van der Waals surface area contributed by atoms with E-state index in [0.717, 1.165) is 21.9 Å². The van der Waals surface area contributed by atoms with Gasteiger partial charge >= 0.3 is 23.9 Å². The second kappa shape index (κ2) is 11.8. The van der Waals surface area contributed by atoms with E-state index in [1.807, 2.05) is 48.5 Å². The lowest BCUT2D eigenvalue weighted by atomic mass is 9.52. The summed E-state index contributed by atoms with van der Waals surface area (Å²) < 4.78 is 0. The highest BCUT2D eigenvalue weighted by Gasteiger charge is 2.58. The van der Waals surface area contributed by atoms with Crippen LogP contribution in [-0.4, -0.2) is 44.3 Å². The van der Waals surface area contributed by atoms with E-state index >= 15 is 0 Å². The van der Waals surface area contributed by atoms with Crippen LogP contribution in [0, 0.1) is 11.8 Å². The monoisotopic (exact) mass is 636 g/mol. The van der Waals surface area contributed by atoms with Crippen molar-refractivity contribution in [2.24, 2.45) is 11.8 Å². The number of carboxylic acids is 4. The minimum absolute atomic E-state index is 0.166. The topological polar surface area (TPSA) is 149 Å². The molecule has 0 aromatic heterocycles. The molecule has 48 heavy (non-hydrogen) atoms. The molecule has 0 bridgehead atoms. The molecule has 6 aromatic carbocycles. The number of hydrogen-bond donors (Lipinski definition) is 4. The van der Waals surface area contributed by atoms with Crippen molar-refractivity contribution >= 4 is 45.4 Å². The Labute approximate surface area is 274 Å². The number of rotatable bonds is 8. The quantitative estimate of drug-likeness (QED) is 0.131. The number of aliphatic carboxylic acids is 2. The highest BCUT2D eigenvalue weighted by atomic mass is 16.4. The van der Waals surface area contributed by atoms with E-state index in [4.69, 9.17) is 0 Å². The van der Waals surface area contributed by atoms with Crippen LogP contribution in [-0.2, 0) is 9.59 Å². The Kier molecular flexibility index (Phi) is 7.48. The molecule has 8 nitrogen and oxygen atoms in total. The molecule has 0 unspecified atom stereocenters. The third kappa shape index (κ3) is 4.95. The molecular formula is C40H28O8. The van der Waals surface area contributed by atoms with Gasteiger partial charge in [0.15, 0.2) is 0 Å². The van der Waals surface area contributed by atoms with Crippen molar-refractivity contribution in [3.8, 4) is 22.3 Å². The fourth-order valence-corrected chi connectivity index (χ4v) is 7.48. The third-order valence-electron chi connectivity index (χ3n) is 9.60. The Balaban J connectivity index is 1.23. The molecule has 0 saturated heterocycles. The molecule has 236 valence electrons. The van der Waals surface area contributed by atoms with Gasteiger partial charge in [-0.15, -0.1) is 0 Å². The van der Waals surface area contributed by atoms with Gasteiger partial charge in [-0.2, -0.15) is 0 Å². The molecule has 1 fully saturated rings. The van der Waals surface area contributed by atoms with Gasteiger partial charge in [0.25, 0.3) is 0 Å². The van der Waals surface area contributed by atoms with Gasteiger partial charge < -0.3 is 20.4 Å². The second-order valence-corrected chi connectivity index (χ2v) is 12.1. The molecule has 0 atom stereocenters. The fraction of sp³-hybridized carbons (Fsp3) is 0.100. The average molecular weight is 637 g/mol. The Hall–Kier alpha value is -6.28. The van der Waals surface area contributed by atoms with Gasteiger partial charge in [0, 0.05) is 22.6 Å². The van der Waals surface area contributed by atoms with Crippen molar-refractivity contribution < 1.29 is 39.6 Å². The smallest absolute Gasteiger partial charge is 0.336 e. The summed E-state index contributed by atoms with van der Waals surface area (Å²) in [7, 11) is 0. The first-order valence-electron chi connectivity index (χ1n) is 15.3. The molecule has 0 amide bonds. The van der Waals surface area contributed by atoms with Gasteiger partial charge in [-0.05, 0) is 56.3 Å². The molecule has 1 saturated carbocycles. The van der Waals surface area contributed by atoms with E-state index in [0.29, 0.717) is 33.0 Å². The minimum Gasteiger partial charge on any atom is -0.481 e. The van der Waals surface area contributed by atoms with Crippen LogP contribution >= 0.6 is 0 Å². The summed E-state index contributed by atoms with van der Waals surface area (Å²) in [4.78, 5) is 49.3. The Bertz CT molecular complexity index is 2090. The number of benzene rings is 6. The minimum atomic E-state index is -1.10. The molecule has 0 aliphatic heterocycles. The average Bonchev–Trinajstić information content (AvgIpc) is 3.07. The number of fused-ring (bicyclic) bond motifs is 2. The Morgan fingerprint density at radius 3 is 1.06 bits per heavy atom. The van der Waals surface area contributed by atoms with E-state index in [1.54, 1.807) is 72.8 Å². The molecule has 4 N–H and O–H groups in total.